The highest BCUT2D eigenvalue weighted by atomic mass is 32.1. The summed E-state index contributed by atoms with van der Waals surface area (Å²) in [7, 11) is 0. The molecule has 1 unspecified atom stereocenters. The maximum absolute atomic E-state index is 14.8. The van der Waals surface area contributed by atoms with Gasteiger partial charge in [-0.2, -0.15) is 0 Å². The van der Waals surface area contributed by atoms with E-state index >= 15 is 0 Å². The third-order valence-electron chi connectivity index (χ3n) is 12.5. The predicted octanol–water partition coefficient (Wildman–Crippen LogP) is 7.15. The van der Waals surface area contributed by atoms with Gasteiger partial charge in [-0.3, -0.25) is 9.59 Å². The molecule has 2 saturated carbocycles. The Morgan fingerprint density at radius 3 is 2.51 bits per heavy atom. The molecule has 4 fully saturated rings. The highest BCUT2D eigenvalue weighted by Crippen LogP contribution is 2.46. The minimum atomic E-state index is -1.41. The maximum atomic E-state index is 14.8. The van der Waals surface area contributed by atoms with Crippen molar-refractivity contribution in [2.24, 2.45) is 17.3 Å². The number of carbonyl (C=O) groups excluding carboxylic acids is 3. The molecule has 4 aliphatic rings. The maximum Gasteiger partial charge on any atom is 0.408 e. The van der Waals surface area contributed by atoms with Crippen LogP contribution < -0.4 is 25.4 Å². The largest absolute Gasteiger partial charge is 0.491 e. The van der Waals surface area contributed by atoms with Crippen LogP contribution in [-0.2, 0) is 28.6 Å². The molecule has 2 saturated heterocycles. The first-order chi connectivity index (χ1) is 30.0. The number of thiazole rings is 1. The molecule has 0 radical (unpaired) electrons. The van der Waals surface area contributed by atoms with Gasteiger partial charge in [-0.05, 0) is 88.2 Å². The second-order valence-electron chi connectivity index (χ2n) is 19.0. The van der Waals surface area contributed by atoms with Crippen molar-refractivity contribution < 1.29 is 48.0 Å². The predicted molar refractivity (Wildman–Crippen MR) is 238 cm³/mol. The molecular weight excluding hydrogens is 829 g/mol. The zero-order valence-electron chi connectivity index (χ0n) is 37.6. The molecule has 0 spiro atoms. The van der Waals surface area contributed by atoms with E-state index in [1.165, 1.54) is 16.2 Å². The van der Waals surface area contributed by atoms with Crippen molar-refractivity contribution in [3.05, 3.63) is 29.6 Å². The van der Waals surface area contributed by atoms with Crippen LogP contribution in [0.1, 0.15) is 106 Å². The summed E-state index contributed by atoms with van der Waals surface area (Å²) in [5.74, 6) is -0.941. The smallest absolute Gasteiger partial charge is 0.408 e. The first-order valence-electron chi connectivity index (χ1n) is 22.6. The molecule has 344 valence electrons. The lowest BCUT2D eigenvalue weighted by molar-refractivity contribution is -0.165. The number of aromatic nitrogens is 2. The fraction of sp³-hybridized carbons (Fsp3) is 0.652. The zero-order valence-corrected chi connectivity index (χ0v) is 38.4. The quantitative estimate of drug-likeness (QED) is 0.0998. The highest BCUT2D eigenvalue weighted by molar-refractivity contribution is 7.14. The number of nitrogens with one attached hydrogen (secondary N) is 3. The lowest BCUT2D eigenvalue weighted by atomic mass is 9.85. The number of pyridine rings is 1. The first-order valence-corrected chi connectivity index (χ1v) is 23.4. The molecule has 7 rings (SSSR count). The molecule has 63 heavy (non-hydrogen) atoms. The van der Waals surface area contributed by atoms with Crippen LogP contribution in [0.4, 0.5) is 9.93 Å². The van der Waals surface area contributed by atoms with E-state index in [4.69, 9.17) is 33.7 Å². The number of alkyl carbamates (subject to hydrolysis) is 1. The van der Waals surface area contributed by atoms with Gasteiger partial charge in [-0.1, -0.05) is 41.0 Å². The van der Waals surface area contributed by atoms with Crippen molar-refractivity contribution in [2.75, 3.05) is 31.7 Å². The number of amides is 3. The summed E-state index contributed by atoms with van der Waals surface area (Å²) < 4.78 is 30.2. The van der Waals surface area contributed by atoms with Crippen molar-refractivity contribution in [3.8, 4) is 22.9 Å². The van der Waals surface area contributed by atoms with Crippen LogP contribution >= 0.6 is 11.3 Å². The number of likely N-dealkylation sites (tertiary alicyclic amines) is 1. The number of benzene rings is 1. The van der Waals surface area contributed by atoms with Gasteiger partial charge < -0.3 is 49.6 Å². The molecule has 17 heteroatoms. The Balaban J connectivity index is 1.17. The van der Waals surface area contributed by atoms with Crippen molar-refractivity contribution in [1.29, 1.82) is 0 Å². The Kier molecular flexibility index (Phi) is 14.4. The van der Waals surface area contributed by atoms with Gasteiger partial charge in [0, 0.05) is 42.0 Å². The highest BCUT2D eigenvalue weighted by Gasteiger charge is 2.61. The van der Waals surface area contributed by atoms with E-state index in [9.17, 15) is 24.3 Å². The van der Waals surface area contributed by atoms with Gasteiger partial charge >= 0.3 is 12.1 Å². The van der Waals surface area contributed by atoms with Gasteiger partial charge in [0.05, 0.1) is 24.4 Å². The molecular formula is C46H64N6O10S. The average Bonchev–Trinajstić information content (AvgIpc) is 3.54. The van der Waals surface area contributed by atoms with Crippen LogP contribution in [0.15, 0.2) is 29.6 Å². The number of aliphatic carboxylic acids is 1. The Morgan fingerprint density at radius 1 is 1.03 bits per heavy atom. The summed E-state index contributed by atoms with van der Waals surface area (Å²) in [5, 5.41) is 22.6. The fourth-order valence-corrected chi connectivity index (χ4v) is 9.76. The average molecular weight is 893 g/mol. The van der Waals surface area contributed by atoms with Crippen molar-refractivity contribution in [3.63, 3.8) is 0 Å². The Hall–Kier alpha value is -4.74. The number of carboxylic acids is 1. The van der Waals surface area contributed by atoms with E-state index in [1.807, 2.05) is 71.2 Å². The van der Waals surface area contributed by atoms with Gasteiger partial charge in [-0.15, -0.1) is 11.3 Å². The number of ether oxygens (including phenoxy) is 5. The molecule has 4 heterocycles. The third kappa shape index (κ3) is 11.1. The molecule has 0 bridgehead atoms. The van der Waals surface area contributed by atoms with Crippen LogP contribution in [0.2, 0.25) is 0 Å². The number of anilines is 1. The number of fused-ring (bicyclic) bond motifs is 1. The van der Waals surface area contributed by atoms with Gasteiger partial charge in [-0.25, -0.2) is 19.6 Å². The molecule has 8 atom stereocenters. The van der Waals surface area contributed by atoms with Gasteiger partial charge in [0.2, 0.25) is 11.8 Å². The van der Waals surface area contributed by atoms with E-state index in [-0.39, 0.29) is 37.3 Å². The monoisotopic (exact) mass is 892 g/mol. The summed E-state index contributed by atoms with van der Waals surface area (Å²) in [6, 6.07) is 5.35. The van der Waals surface area contributed by atoms with Crippen molar-refractivity contribution >= 4 is 51.2 Å². The van der Waals surface area contributed by atoms with E-state index in [0.29, 0.717) is 72.4 Å². The standard InChI is InChI=1S/C46H64N6O10S/c1-8-28-23-46(28,42(55)56)51-40(53)36-21-31(24-52(36)41(54)39(45(5,6)7)50-44(57)62-30-13-12-27(4)19-30)61-37-22-34(35-25-63-43(49-35)47-26(2)3)48-33-20-29(14-15-32(33)37)58-17-18-60-38-11-9-10-16-59-38/h14-15,20,22,25-28,30-31,36,38-39H,8-13,16-19,21,23-24H2,1-7H3,(H,47,49)(H,50,57)(H,51,53)(H,55,56)/t27-,28-,30+,31-,36+,38?,39-,46-/m1/s1. The van der Waals surface area contributed by atoms with Crippen LogP contribution in [0.25, 0.3) is 22.3 Å². The molecule has 2 aromatic heterocycles. The second-order valence-corrected chi connectivity index (χ2v) is 19.8. The Labute approximate surface area is 373 Å². The van der Waals surface area contributed by atoms with E-state index in [1.54, 1.807) is 0 Å². The summed E-state index contributed by atoms with van der Waals surface area (Å²) in [6.07, 6.45) is 4.51. The molecule has 16 nitrogen and oxygen atoms in total. The molecule has 2 aliphatic carbocycles. The number of carbonyl (C=O) groups is 4. The number of hydrogen-bond donors (Lipinski definition) is 4. The summed E-state index contributed by atoms with van der Waals surface area (Å²) in [4.78, 5) is 66.2. The number of nitrogens with zero attached hydrogens (tertiary/aromatic N) is 3. The topological polar surface area (TPSA) is 200 Å². The number of hydrogen-bond acceptors (Lipinski definition) is 13. The van der Waals surface area contributed by atoms with Crippen LogP contribution in [0.5, 0.6) is 11.5 Å². The lowest BCUT2D eigenvalue weighted by Crippen LogP contribution is -2.59. The van der Waals surface area contributed by atoms with Crippen molar-refractivity contribution in [2.45, 2.75) is 148 Å². The molecule has 4 N–H and O–H groups in total. The molecule has 3 amide bonds. The summed E-state index contributed by atoms with van der Waals surface area (Å²) in [6.45, 7) is 14.9. The van der Waals surface area contributed by atoms with Gasteiger partial charge in [0.25, 0.3) is 0 Å². The third-order valence-corrected chi connectivity index (χ3v) is 13.3. The summed E-state index contributed by atoms with van der Waals surface area (Å²) in [5.41, 5.74) is -0.428. The molecule has 2 aliphatic heterocycles. The van der Waals surface area contributed by atoms with Gasteiger partial charge in [0.1, 0.15) is 53.6 Å². The number of rotatable bonds is 17. The van der Waals surface area contributed by atoms with Crippen LogP contribution in [0, 0.1) is 17.3 Å². The van der Waals surface area contributed by atoms with Crippen LogP contribution in [0.3, 0.4) is 0 Å². The normalized spacial score (nSPS) is 26.3. The summed E-state index contributed by atoms with van der Waals surface area (Å²) >= 11 is 1.46. The van der Waals surface area contributed by atoms with Gasteiger partial charge in [0.15, 0.2) is 11.4 Å². The second kappa shape index (κ2) is 19.6. The van der Waals surface area contributed by atoms with E-state index in [2.05, 4.69) is 22.9 Å². The Morgan fingerprint density at radius 2 is 1.84 bits per heavy atom. The Bertz CT molecular complexity index is 2120. The minimum Gasteiger partial charge on any atom is -0.491 e. The molecule has 3 aromatic rings. The lowest BCUT2D eigenvalue weighted by Gasteiger charge is -2.35. The SMILES string of the molecule is CC[C@@H]1C[C@]1(NC(=O)[C@@H]1C[C@@H](Oc2cc(-c3csc(NC(C)C)n3)nc3cc(OCCOC4CCCCO4)ccc23)CN1C(=O)[C@@H](NC(=O)O[C@H]1CC[C@@H](C)C1)C(C)(C)C)C(=O)O. The van der Waals surface area contributed by atoms with Crippen molar-refractivity contribution in [1.82, 2.24) is 25.5 Å². The van der Waals surface area contributed by atoms with Crippen LogP contribution in [-0.4, -0.2) is 112 Å². The fourth-order valence-electron chi connectivity index (χ4n) is 8.91. The van der Waals surface area contributed by atoms with E-state index in [0.717, 1.165) is 43.7 Å². The van der Waals surface area contributed by atoms with E-state index < -0.39 is 53.0 Å². The zero-order chi connectivity index (χ0) is 45.1. The number of carboxylic acid groups (broad SMARTS) is 1. The molecule has 1 aromatic carbocycles. The first kappa shape index (κ1) is 46.3. The minimum absolute atomic E-state index is 0.0120.